The van der Waals surface area contributed by atoms with Gasteiger partial charge in [-0.3, -0.25) is 4.68 Å². The zero-order chi connectivity index (χ0) is 8.72. The molecule has 2 rings (SSSR count). The number of aromatic nitrogens is 2. The molecule has 1 N–H and O–H groups in total. The Labute approximate surface area is 70.2 Å². The van der Waals surface area contributed by atoms with Gasteiger partial charge in [0, 0.05) is 24.2 Å². The van der Waals surface area contributed by atoms with E-state index in [1.807, 2.05) is 24.7 Å². The monoisotopic (exact) mass is 162 g/mol. The maximum absolute atomic E-state index is 9.18. The zero-order valence-corrected chi connectivity index (χ0v) is 7.07. The molecule has 12 heavy (non-hydrogen) atoms. The molecule has 0 saturated heterocycles. The number of nitrogens with zero attached hydrogens (tertiary/aromatic N) is 2. The van der Waals surface area contributed by atoms with E-state index in [2.05, 4.69) is 5.10 Å². The second kappa shape index (κ2) is 2.24. The molecule has 0 aliphatic heterocycles. The minimum Gasteiger partial charge on any atom is -0.508 e. The number of hydrogen-bond donors (Lipinski definition) is 1. The van der Waals surface area contributed by atoms with Crippen LogP contribution >= 0.6 is 0 Å². The lowest BCUT2D eigenvalue weighted by molar-refractivity contribution is 0.476. The molecular formula is C9H10N2O. The van der Waals surface area contributed by atoms with Gasteiger partial charge >= 0.3 is 0 Å². The van der Waals surface area contributed by atoms with Crippen molar-refractivity contribution in [3.63, 3.8) is 0 Å². The molecule has 0 spiro atoms. The van der Waals surface area contributed by atoms with E-state index < -0.39 is 0 Å². The topological polar surface area (TPSA) is 38.1 Å². The van der Waals surface area contributed by atoms with Gasteiger partial charge in [-0.15, -0.1) is 0 Å². The van der Waals surface area contributed by atoms with Crippen LogP contribution < -0.4 is 0 Å². The smallest absolute Gasteiger partial charge is 0.117 e. The normalized spacial score (nSPS) is 10.8. The number of aromatic hydroxyl groups is 1. The van der Waals surface area contributed by atoms with E-state index in [1.165, 1.54) is 0 Å². The molecule has 62 valence electrons. The van der Waals surface area contributed by atoms with Gasteiger partial charge in [0.1, 0.15) is 5.75 Å². The molecule has 0 saturated carbocycles. The Hall–Kier alpha value is -1.51. The van der Waals surface area contributed by atoms with E-state index >= 15 is 0 Å². The second-order valence-corrected chi connectivity index (χ2v) is 2.91. The Balaban J connectivity index is 2.87. The van der Waals surface area contributed by atoms with Crippen LogP contribution in [0, 0.1) is 6.92 Å². The van der Waals surface area contributed by atoms with E-state index in [-0.39, 0.29) is 5.75 Å². The van der Waals surface area contributed by atoms with Crippen LogP contribution in [-0.2, 0) is 7.05 Å². The Bertz CT molecular complexity index is 431. The first-order valence-corrected chi connectivity index (χ1v) is 3.81. The summed E-state index contributed by atoms with van der Waals surface area (Å²) in [6.45, 7) is 2.01. The van der Waals surface area contributed by atoms with Crippen LogP contribution in [0.4, 0.5) is 0 Å². The van der Waals surface area contributed by atoms with Gasteiger partial charge in [-0.25, -0.2) is 0 Å². The molecule has 3 nitrogen and oxygen atoms in total. The number of phenols is 1. The molecule has 1 heterocycles. The van der Waals surface area contributed by atoms with Gasteiger partial charge in [0.15, 0.2) is 0 Å². The summed E-state index contributed by atoms with van der Waals surface area (Å²) in [5.74, 6) is 0.264. The highest BCUT2D eigenvalue weighted by atomic mass is 16.3. The van der Waals surface area contributed by atoms with Crippen molar-refractivity contribution in [2.45, 2.75) is 6.92 Å². The summed E-state index contributed by atoms with van der Waals surface area (Å²) in [6, 6.07) is 5.23. The maximum atomic E-state index is 9.18. The average Bonchev–Trinajstić information content (AvgIpc) is 2.28. The summed E-state index contributed by atoms with van der Waals surface area (Å²) in [5.41, 5.74) is 1.96. The fourth-order valence-electron chi connectivity index (χ4n) is 1.32. The highest BCUT2D eigenvalue weighted by Crippen LogP contribution is 2.20. The predicted octanol–water partition coefficient (Wildman–Crippen LogP) is 1.59. The van der Waals surface area contributed by atoms with Crippen molar-refractivity contribution in [2.75, 3.05) is 0 Å². The molecule has 2 aromatic rings. The first-order chi connectivity index (χ1) is 5.68. The second-order valence-electron chi connectivity index (χ2n) is 2.91. The highest BCUT2D eigenvalue weighted by Gasteiger charge is 2.03. The van der Waals surface area contributed by atoms with Gasteiger partial charge in [0.2, 0.25) is 0 Å². The minimum atomic E-state index is 0.264. The van der Waals surface area contributed by atoms with E-state index in [9.17, 15) is 5.11 Å². The summed E-state index contributed by atoms with van der Waals surface area (Å²) in [4.78, 5) is 0. The van der Waals surface area contributed by atoms with Gasteiger partial charge in [0.25, 0.3) is 0 Å². The van der Waals surface area contributed by atoms with Crippen molar-refractivity contribution >= 4 is 10.9 Å². The first kappa shape index (κ1) is 7.16. The van der Waals surface area contributed by atoms with E-state index in [0.29, 0.717) is 0 Å². The lowest BCUT2D eigenvalue weighted by Gasteiger charge is -1.91. The van der Waals surface area contributed by atoms with E-state index in [4.69, 9.17) is 0 Å². The van der Waals surface area contributed by atoms with Crippen LogP contribution in [0.5, 0.6) is 5.75 Å². The van der Waals surface area contributed by atoms with E-state index in [0.717, 1.165) is 16.6 Å². The van der Waals surface area contributed by atoms with Crippen LogP contribution in [0.2, 0.25) is 0 Å². The van der Waals surface area contributed by atoms with Crippen LogP contribution in [0.1, 0.15) is 5.69 Å². The molecule has 0 radical (unpaired) electrons. The van der Waals surface area contributed by atoms with Crippen molar-refractivity contribution in [3.05, 3.63) is 23.9 Å². The van der Waals surface area contributed by atoms with Crippen LogP contribution in [0.25, 0.3) is 10.9 Å². The lowest BCUT2D eigenvalue weighted by atomic mass is 10.2. The van der Waals surface area contributed by atoms with Gasteiger partial charge in [0.05, 0.1) is 5.52 Å². The average molecular weight is 162 g/mol. The summed E-state index contributed by atoms with van der Waals surface area (Å²) in [6.07, 6.45) is 0. The first-order valence-electron chi connectivity index (χ1n) is 3.81. The van der Waals surface area contributed by atoms with Crippen molar-refractivity contribution in [1.29, 1.82) is 0 Å². The van der Waals surface area contributed by atoms with Gasteiger partial charge < -0.3 is 5.11 Å². The molecule has 0 aliphatic rings. The van der Waals surface area contributed by atoms with Crippen molar-refractivity contribution in [3.8, 4) is 5.75 Å². The number of phenolic OH excluding ortho intramolecular Hbond substituents is 1. The third kappa shape index (κ3) is 0.863. The van der Waals surface area contributed by atoms with Crippen LogP contribution in [0.3, 0.4) is 0 Å². The zero-order valence-electron chi connectivity index (χ0n) is 7.07. The standard InChI is InChI=1S/C9H10N2O/c1-6-8-4-3-7(12)5-9(8)10-11(6)2/h3-5,12H,1-2H3. The third-order valence-corrected chi connectivity index (χ3v) is 2.11. The Morgan fingerprint density at radius 1 is 1.42 bits per heavy atom. The predicted molar refractivity (Wildman–Crippen MR) is 47.1 cm³/mol. The molecule has 3 heteroatoms. The molecule has 0 fully saturated rings. The summed E-state index contributed by atoms with van der Waals surface area (Å²) in [5, 5.41) is 14.5. The lowest BCUT2D eigenvalue weighted by Crippen LogP contribution is -1.91. The Kier molecular flexibility index (Phi) is 1.33. The largest absolute Gasteiger partial charge is 0.508 e. The fourth-order valence-corrected chi connectivity index (χ4v) is 1.32. The number of aryl methyl sites for hydroxylation is 2. The number of hydrogen-bond acceptors (Lipinski definition) is 2. The van der Waals surface area contributed by atoms with Crippen molar-refractivity contribution < 1.29 is 5.11 Å². The molecule has 1 aromatic carbocycles. The van der Waals surface area contributed by atoms with Gasteiger partial charge in [-0.2, -0.15) is 5.10 Å². The van der Waals surface area contributed by atoms with Crippen molar-refractivity contribution in [1.82, 2.24) is 9.78 Å². The van der Waals surface area contributed by atoms with Gasteiger partial charge in [-0.05, 0) is 19.1 Å². The molecule has 0 atom stereocenters. The van der Waals surface area contributed by atoms with Crippen molar-refractivity contribution in [2.24, 2.45) is 7.05 Å². The molecule has 0 amide bonds. The van der Waals surface area contributed by atoms with Crippen LogP contribution in [-0.4, -0.2) is 14.9 Å². The Morgan fingerprint density at radius 3 is 2.92 bits per heavy atom. The minimum absolute atomic E-state index is 0.264. The van der Waals surface area contributed by atoms with Gasteiger partial charge in [-0.1, -0.05) is 0 Å². The number of fused-ring (bicyclic) bond motifs is 1. The summed E-state index contributed by atoms with van der Waals surface area (Å²) in [7, 11) is 1.90. The molecule has 0 bridgehead atoms. The number of benzene rings is 1. The number of rotatable bonds is 0. The third-order valence-electron chi connectivity index (χ3n) is 2.11. The summed E-state index contributed by atoms with van der Waals surface area (Å²) >= 11 is 0. The van der Waals surface area contributed by atoms with Crippen LogP contribution in [0.15, 0.2) is 18.2 Å². The fraction of sp³-hybridized carbons (Fsp3) is 0.222. The SMILES string of the molecule is Cc1c2ccc(O)cc2nn1C. The highest BCUT2D eigenvalue weighted by molar-refractivity contribution is 5.82. The molecule has 0 aliphatic carbocycles. The molecule has 0 unspecified atom stereocenters. The maximum Gasteiger partial charge on any atom is 0.117 e. The molecule has 1 aromatic heterocycles. The Morgan fingerprint density at radius 2 is 2.17 bits per heavy atom. The summed E-state index contributed by atoms with van der Waals surface area (Å²) < 4.78 is 1.81. The van der Waals surface area contributed by atoms with E-state index in [1.54, 1.807) is 12.1 Å². The quantitative estimate of drug-likeness (QED) is 0.638. The molecular weight excluding hydrogens is 152 g/mol.